The lowest BCUT2D eigenvalue weighted by Crippen LogP contribution is -2.53. The van der Waals surface area contributed by atoms with E-state index >= 15 is 0 Å². The van der Waals surface area contributed by atoms with Gasteiger partial charge >= 0.3 is 5.97 Å². The average molecular weight is 430 g/mol. The quantitative estimate of drug-likeness (QED) is 0.650. The number of morpholine rings is 1. The third kappa shape index (κ3) is 5.78. The summed E-state index contributed by atoms with van der Waals surface area (Å²) in [6.07, 6.45) is 0.183. The van der Waals surface area contributed by atoms with Gasteiger partial charge in [-0.25, -0.2) is 0 Å². The molecule has 2 rings (SSSR count). The van der Waals surface area contributed by atoms with Crippen molar-refractivity contribution in [2.24, 2.45) is 0 Å². The molecule has 4 atom stereocenters. The minimum atomic E-state index is -1.10. The number of hydrogen-bond acceptors (Lipinski definition) is 4. The number of hydrogen-bond donors (Lipinski definition) is 1. The fourth-order valence-electron chi connectivity index (χ4n) is 3.40. The van der Waals surface area contributed by atoms with E-state index in [2.05, 4.69) is 0 Å². The Bertz CT molecular complexity index is 709. The Morgan fingerprint density at radius 1 is 1.36 bits per heavy atom. The molecule has 8 heteroatoms. The van der Waals surface area contributed by atoms with Crippen LogP contribution >= 0.6 is 11.6 Å². The summed E-state index contributed by atoms with van der Waals surface area (Å²) < 4.78 is 18.4. The molecule has 1 aliphatic heterocycles. The minimum Gasteiger partial charge on any atom is -0.481 e. The van der Waals surface area contributed by atoms with E-state index in [9.17, 15) is 13.8 Å². The van der Waals surface area contributed by atoms with Crippen molar-refractivity contribution in [1.29, 1.82) is 0 Å². The van der Waals surface area contributed by atoms with Gasteiger partial charge in [0.05, 0.1) is 24.3 Å². The Labute approximate surface area is 173 Å². The Morgan fingerprint density at radius 3 is 2.54 bits per heavy atom. The van der Waals surface area contributed by atoms with Gasteiger partial charge in [0.15, 0.2) is 0 Å². The lowest BCUT2D eigenvalue weighted by Gasteiger charge is -2.41. The monoisotopic (exact) mass is 429 g/mol. The maximum Gasteiger partial charge on any atom is 0.306 e. The molecule has 1 fully saturated rings. The number of carboxylic acids is 1. The maximum atomic E-state index is 13.1. The highest BCUT2D eigenvalue weighted by atomic mass is 35.5. The molecular formula is C20H28ClNO5S. The summed E-state index contributed by atoms with van der Waals surface area (Å²) in [5.74, 6) is -1.45. The van der Waals surface area contributed by atoms with E-state index in [0.29, 0.717) is 11.6 Å². The summed E-state index contributed by atoms with van der Waals surface area (Å²) in [6.45, 7) is 6.34. The largest absolute Gasteiger partial charge is 0.481 e. The van der Waals surface area contributed by atoms with Crippen molar-refractivity contribution in [1.82, 2.24) is 4.90 Å². The Hall–Kier alpha value is -1.44. The lowest BCUT2D eigenvalue weighted by molar-refractivity contribution is -0.165. The smallest absolute Gasteiger partial charge is 0.306 e. The second kappa shape index (κ2) is 10.4. The van der Waals surface area contributed by atoms with Crippen LogP contribution in [0, 0.1) is 0 Å². The van der Waals surface area contributed by atoms with Crippen molar-refractivity contribution in [3.05, 3.63) is 34.9 Å². The maximum absolute atomic E-state index is 13.1. The summed E-state index contributed by atoms with van der Waals surface area (Å²) in [5.41, 5.74) is 0.858. The highest BCUT2D eigenvalue weighted by molar-refractivity contribution is 7.86. The molecule has 0 bridgehead atoms. The van der Waals surface area contributed by atoms with Gasteiger partial charge in [-0.05, 0) is 24.1 Å². The first-order valence-electron chi connectivity index (χ1n) is 9.53. The van der Waals surface area contributed by atoms with Crippen LogP contribution < -0.4 is 0 Å². The number of nitrogens with zero attached hydrogens (tertiary/aromatic N) is 1. The highest BCUT2D eigenvalue weighted by Crippen LogP contribution is 2.30. The molecule has 1 aliphatic rings. The van der Waals surface area contributed by atoms with Crippen molar-refractivity contribution < 1.29 is 23.6 Å². The Balaban J connectivity index is 2.33. The number of benzene rings is 1. The number of halogens is 1. The van der Waals surface area contributed by atoms with Crippen LogP contribution in [0.25, 0.3) is 0 Å². The van der Waals surface area contributed by atoms with Crippen molar-refractivity contribution >= 4 is 34.3 Å². The normalized spacial score (nSPS) is 22.3. The second-order valence-corrected chi connectivity index (χ2v) is 9.97. The Morgan fingerprint density at radius 2 is 2.00 bits per heavy atom. The molecule has 1 aromatic rings. The van der Waals surface area contributed by atoms with E-state index in [0.717, 1.165) is 18.4 Å². The van der Waals surface area contributed by atoms with Crippen LogP contribution in [0.15, 0.2) is 24.3 Å². The van der Waals surface area contributed by atoms with Gasteiger partial charge in [-0.15, -0.1) is 0 Å². The Kier molecular flexibility index (Phi) is 8.46. The van der Waals surface area contributed by atoms with E-state index in [1.54, 1.807) is 17.0 Å². The summed E-state index contributed by atoms with van der Waals surface area (Å²) in [7, 11) is -1.10. The summed E-state index contributed by atoms with van der Waals surface area (Å²) in [4.78, 5) is 25.8. The van der Waals surface area contributed by atoms with Gasteiger partial charge in [-0.3, -0.25) is 13.8 Å². The minimum absolute atomic E-state index is 0.0171. The molecule has 0 saturated carbocycles. The first-order chi connectivity index (χ1) is 13.2. The highest BCUT2D eigenvalue weighted by Gasteiger charge is 2.39. The molecule has 0 spiro atoms. The van der Waals surface area contributed by atoms with Crippen LogP contribution in [-0.4, -0.2) is 55.8 Å². The topological polar surface area (TPSA) is 83.9 Å². The lowest BCUT2D eigenvalue weighted by atomic mass is 10.0. The number of ether oxygens (including phenoxy) is 1. The van der Waals surface area contributed by atoms with Crippen molar-refractivity contribution in [2.45, 2.75) is 62.7 Å². The van der Waals surface area contributed by atoms with Crippen molar-refractivity contribution in [2.75, 3.05) is 13.2 Å². The van der Waals surface area contributed by atoms with Crippen LogP contribution in [-0.2, 0) is 25.1 Å². The van der Waals surface area contributed by atoms with Gasteiger partial charge in [0.2, 0.25) is 0 Å². The number of aliphatic carboxylic acids is 1. The van der Waals surface area contributed by atoms with E-state index in [1.165, 1.54) is 0 Å². The molecule has 0 aliphatic carbocycles. The van der Waals surface area contributed by atoms with E-state index in [1.807, 2.05) is 32.9 Å². The van der Waals surface area contributed by atoms with Crippen LogP contribution in [0.4, 0.5) is 0 Å². The van der Waals surface area contributed by atoms with Crippen molar-refractivity contribution in [3.8, 4) is 0 Å². The van der Waals surface area contributed by atoms with Gasteiger partial charge in [-0.1, -0.05) is 50.9 Å². The van der Waals surface area contributed by atoms with E-state index in [4.69, 9.17) is 21.4 Å². The zero-order chi connectivity index (χ0) is 20.8. The SMILES string of the molecule is CCCC(CN1C(=O)C(CC(=O)O)OCC1c1ccc(Cl)cc1)S(=O)C(C)C. The number of carbonyl (C=O) groups is 2. The molecule has 1 saturated heterocycles. The summed E-state index contributed by atoms with van der Waals surface area (Å²) in [5, 5.41) is 9.50. The number of carboxylic acid groups (broad SMARTS) is 1. The van der Waals surface area contributed by atoms with E-state index in [-0.39, 0.29) is 35.5 Å². The molecule has 6 nitrogen and oxygen atoms in total. The number of amides is 1. The standard InChI is InChI=1S/C20H28ClNO5S/c1-4-5-16(28(26)13(2)3)11-22-17(14-6-8-15(21)9-7-14)12-27-18(20(22)25)10-19(23)24/h6-9,13,16-18H,4-5,10-12H2,1-3H3,(H,23,24). The molecule has 4 unspecified atom stereocenters. The first-order valence-corrected chi connectivity index (χ1v) is 11.2. The van der Waals surface area contributed by atoms with Crippen molar-refractivity contribution in [3.63, 3.8) is 0 Å². The number of carbonyl (C=O) groups excluding carboxylic acids is 1. The van der Waals surface area contributed by atoms with Gasteiger partial charge in [0.1, 0.15) is 6.10 Å². The molecule has 1 aromatic carbocycles. The fraction of sp³-hybridized carbons (Fsp3) is 0.600. The average Bonchev–Trinajstić information content (AvgIpc) is 2.64. The first kappa shape index (κ1) is 22.8. The van der Waals surface area contributed by atoms with Gasteiger partial charge in [-0.2, -0.15) is 0 Å². The summed E-state index contributed by atoms with van der Waals surface area (Å²) in [6, 6.07) is 6.81. The molecule has 0 radical (unpaired) electrons. The molecular weight excluding hydrogens is 402 g/mol. The molecule has 1 heterocycles. The van der Waals surface area contributed by atoms with Gasteiger partial charge < -0.3 is 14.7 Å². The van der Waals surface area contributed by atoms with Crippen LogP contribution in [0.5, 0.6) is 0 Å². The van der Waals surface area contributed by atoms with Crippen LogP contribution in [0.2, 0.25) is 5.02 Å². The molecule has 1 N–H and O–H groups in total. The molecule has 156 valence electrons. The van der Waals surface area contributed by atoms with Crippen LogP contribution in [0.3, 0.4) is 0 Å². The van der Waals surface area contributed by atoms with E-state index < -0.39 is 22.9 Å². The zero-order valence-corrected chi connectivity index (χ0v) is 18.0. The fourth-order valence-corrected chi connectivity index (χ4v) is 5.07. The second-order valence-electron chi connectivity index (χ2n) is 7.27. The molecule has 28 heavy (non-hydrogen) atoms. The third-order valence-electron chi connectivity index (χ3n) is 4.81. The number of rotatable bonds is 9. The summed E-state index contributed by atoms with van der Waals surface area (Å²) >= 11 is 5.98. The molecule has 0 aromatic heterocycles. The van der Waals surface area contributed by atoms with Gasteiger partial charge in [0.25, 0.3) is 5.91 Å². The van der Waals surface area contributed by atoms with Crippen LogP contribution in [0.1, 0.15) is 51.6 Å². The predicted octanol–water partition coefficient (Wildman–Crippen LogP) is 3.41. The third-order valence-corrected chi connectivity index (χ3v) is 7.03. The predicted molar refractivity (Wildman–Crippen MR) is 110 cm³/mol. The molecule has 1 amide bonds. The van der Waals surface area contributed by atoms with Gasteiger partial charge in [0, 0.05) is 27.6 Å². The zero-order valence-electron chi connectivity index (χ0n) is 16.5.